The fourth-order valence-corrected chi connectivity index (χ4v) is 5.96. The summed E-state index contributed by atoms with van der Waals surface area (Å²) in [6, 6.07) is 7.32. The standard InChI is InChI=1S/C35H42O16/c1-14(2)6-11-19-20(38)12-21(39)23-25(41)32(30(49-31(19)23)17-7-9-18(45-5)10-8-17)50-35-28(44)33(29(15(3)46-35)47-16(4)37)51-34-27(43)26(42)24(40)22(13-36)48-34/h6-10,12,15,22,24,26-29,33-36,38-40,42-44H,11,13H2,1-5H3. The molecule has 3 aromatic rings. The Labute approximate surface area is 291 Å². The molecule has 0 amide bonds. The summed E-state index contributed by atoms with van der Waals surface area (Å²) >= 11 is 0. The zero-order chi connectivity index (χ0) is 37.3. The molecule has 2 fully saturated rings. The predicted molar refractivity (Wildman–Crippen MR) is 176 cm³/mol. The number of rotatable bonds is 10. The van der Waals surface area contributed by atoms with Crippen LogP contribution in [0.2, 0.25) is 0 Å². The molecule has 5 rings (SSSR count). The molecule has 0 radical (unpaired) electrons. The molecule has 3 heterocycles. The van der Waals surface area contributed by atoms with Crippen molar-refractivity contribution < 1.29 is 73.4 Å². The third kappa shape index (κ3) is 7.68. The van der Waals surface area contributed by atoms with Crippen molar-refractivity contribution in [3.05, 3.63) is 57.8 Å². The summed E-state index contributed by atoms with van der Waals surface area (Å²) in [6.45, 7) is 5.49. The van der Waals surface area contributed by atoms with Crippen molar-refractivity contribution in [2.75, 3.05) is 13.7 Å². The maximum Gasteiger partial charge on any atom is 0.303 e. The molecule has 0 bridgehead atoms. The molecule has 16 nitrogen and oxygen atoms in total. The van der Waals surface area contributed by atoms with Gasteiger partial charge in [0.05, 0.1) is 19.8 Å². The van der Waals surface area contributed by atoms with E-state index in [0.29, 0.717) is 11.3 Å². The minimum Gasteiger partial charge on any atom is -0.507 e. The molecule has 2 aliphatic rings. The predicted octanol–water partition coefficient (Wildman–Crippen LogP) is 0.990. The van der Waals surface area contributed by atoms with E-state index in [0.717, 1.165) is 18.6 Å². The molecule has 278 valence electrons. The maximum absolute atomic E-state index is 14.3. The molecule has 0 spiro atoms. The van der Waals surface area contributed by atoms with E-state index in [-0.39, 0.29) is 34.5 Å². The highest BCUT2D eigenvalue weighted by Gasteiger charge is 2.52. The van der Waals surface area contributed by atoms with Crippen LogP contribution in [-0.2, 0) is 30.2 Å². The summed E-state index contributed by atoms with van der Waals surface area (Å²) in [4.78, 5) is 26.4. The molecular formula is C35H42O16. The second kappa shape index (κ2) is 15.5. The summed E-state index contributed by atoms with van der Waals surface area (Å²) in [6.07, 6.45) is -14.3. The molecule has 1 aromatic heterocycles. The lowest BCUT2D eigenvalue weighted by atomic mass is 9.97. The second-order valence-electron chi connectivity index (χ2n) is 12.6. The van der Waals surface area contributed by atoms with Crippen molar-refractivity contribution in [1.82, 2.24) is 0 Å². The highest BCUT2D eigenvalue weighted by molar-refractivity contribution is 5.91. The Morgan fingerprint density at radius 3 is 2.20 bits per heavy atom. The Bertz CT molecular complexity index is 1800. The largest absolute Gasteiger partial charge is 0.507 e. The number of carbonyl (C=O) groups is 1. The molecule has 51 heavy (non-hydrogen) atoms. The number of allylic oxidation sites excluding steroid dienone is 2. The Kier molecular flexibility index (Phi) is 11.6. The van der Waals surface area contributed by atoms with Gasteiger partial charge >= 0.3 is 5.97 Å². The summed E-state index contributed by atoms with van der Waals surface area (Å²) in [5.74, 6) is -1.93. The highest BCUT2D eigenvalue weighted by Crippen LogP contribution is 2.41. The Balaban J connectivity index is 1.62. The number of carbonyl (C=O) groups excluding carboxylic acids is 1. The number of phenols is 2. The number of hydrogen-bond donors (Lipinski definition) is 7. The van der Waals surface area contributed by atoms with E-state index in [9.17, 15) is 45.3 Å². The van der Waals surface area contributed by atoms with Crippen LogP contribution >= 0.6 is 0 Å². The molecule has 10 unspecified atom stereocenters. The van der Waals surface area contributed by atoms with Crippen LogP contribution in [-0.4, -0.2) is 117 Å². The van der Waals surface area contributed by atoms with E-state index in [1.54, 1.807) is 30.3 Å². The number of ether oxygens (including phenoxy) is 6. The van der Waals surface area contributed by atoms with Crippen LogP contribution in [0, 0.1) is 0 Å². The summed E-state index contributed by atoms with van der Waals surface area (Å²) < 4.78 is 40.2. The van der Waals surface area contributed by atoms with E-state index in [2.05, 4.69) is 0 Å². The summed E-state index contributed by atoms with van der Waals surface area (Å²) in [5, 5.41) is 73.8. The molecule has 7 N–H and O–H groups in total. The summed E-state index contributed by atoms with van der Waals surface area (Å²) in [7, 11) is 1.47. The normalized spacial score (nSPS) is 29.4. The smallest absolute Gasteiger partial charge is 0.303 e. The molecular weight excluding hydrogens is 676 g/mol. The third-order valence-electron chi connectivity index (χ3n) is 8.68. The van der Waals surface area contributed by atoms with Crippen molar-refractivity contribution in [3.63, 3.8) is 0 Å². The van der Waals surface area contributed by atoms with E-state index in [4.69, 9.17) is 32.8 Å². The van der Waals surface area contributed by atoms with Gasteiger partial charge in [-0.2, -0.15) is 0 Å². The van der Waals surface area contributed by atoms with Gasteiger partial charge in [0.2, 0.25) is 17.5 Å². The third-order valence-corrected chi connectivity index (χ3v) is 8.68. The van der Waals surface area contributed by atoms with Gasteiger partial charge in [0, 0.05) is 24.1 Å². The SMILES string of the molecule is COc1ccc(-c2oc3c(CC=C(C)C)c(O)cc(O)c3c(=O)c2OC2OC(C)C(OC(C)=O)C(OC3OC(CO)C(O)C(O)C3O)C2O)cc1. The van der Waals surface area contributed by atoms with Gasteiger partial charge in [0.15, 0.2) is 18.2 Å². The monoisotopic (exact) mass is 718 g/mol. The van der Waals surface area contributed by atoms with Gasteiger partial charge in [-0.15, -0.1) is 0 Å². The number of benzene rings is 2. The van der Waals surface area contributed by atoms with Crippen LogP contribution in [0.1, 0.15) is 33.3 Å². The molecule has 2 aliphatic heterocycles. The minimum atomic E-state index is -1.90. The first-order valence-electron chi connectivity index (χ1n) is 16.1. The van der Waals surface area contributed by atoms with E-state index in [1.165, 1.54) is 14.0 Å². The number of fused-ring (bicyclic) bond motifs is 1. The minimum absolute atomic E-state index is 0.120. The van der Waals surface area contributed by atoms with Crippen molar-refractivity contribution >= 4 is 16.9 Å². The first-order chi connectivity index (χ1) is 24.2. The number of methoxy groups -OCH3 is 1. The van der Waals surface area contributed by atoms with Crippen molar-refractivity contribution in [2.45, 2.75) is 95.5 Å². The molecule has 16 heteroatoms. The zero-order valence-corrected chi connectivity index (χ0v) is 28.5. The molecule has 0 aliphatic carbocycles. The molecule has 10 atom stereocenters. The van der Waals surface area contributed by atoms with Gasteiger partial charge in [-0.1, -0.05) is 11.6 Å². The van der Waals surface area contributed by atoms with Gasteiger partial charge in [0.25, 0.3) is 0 Å². The quantitative estimate of drug-likeness (QED) is 0.114. The van der Waals surface area contributed by atoms with Crippen molar-refractivity contribution in [2.24, 2.45) is 0 Å². The second-order valence-corrected chi connectivity index (χ2v) is 12.6. The number of aliphatic hydroxyl groups is 5. The van der Waals surface area contributed by atoms with Crippen LogP contribution in [0.3, 0.4) is 0 Å². The topological polar surface area (TPSA) is 244 Å². The fraction of sp³-hybridized carbons (Fsp3) is 0.486. The lowest BCUT2D eigenvalue weighted by Crippen LogP contribution is -2.65. The highest BCUT2D eigenvalue weighted by atomic mass is 16.7. The van der Waals surface area contributed by atoms with E-state index >= 15 is 0 Å². The van der Waals surface area contributed by atoms with Gasteiger partial charge in [0.1, 0.15) is 64.8 Å². The van der Waals surface area contributed by atoms with Crippen LogP contribution in [0.5, 0.6) is 23.0 Å². The lowest BCUT2D eigenvalue weighted by molar-refractivity contribution is -0.350. The van der Waals surface area contributed by atoms with Crippen LogP contribution in [0.4, 0.5) is 0 Å². The maximum atomic E-state index is 14.3. The fourth-order valence-electron chi connectivity index (χ4n) is 5.96. The Morgan fingerprint density at radius 1 is 0.902 bits per heavy atom. The molecule has 2 aromatic carbocycles. The Morgan fingerprint density at radius 2 is 1.59 bits per heavy atom. The Hall–Kier alpha value is -4.26. The van der Waals surface area contributed by atoms with Crippen molar-refractivity contribution in [3.8, 4) is 34.3 Å². The molecule has 0 saturated carbocycles. The average Bonchev–Trinajstić information content (AvgIpc) is 3.08. The molecule has 2 saturated heterocycles. The van der Waals surface area contributed by atoms with Crippen LogP contribution in [0.15, 0.2) is 51.2 Å². The van der Waals surface area contributed by atoms with Crippen LogP contribution in [0.25, 0.3) is 22.3 Å². The van der Waals surface area contributed by atoms with Gasteiger partial charge in [-0.05, 0) is 51.5 Å². The van der Waals surface area contributed by atoms with Gasteiger partial charge in [-0.3, -0.25) is 9.59 Å². The lowest BCUT2D eigenvalue weighted by Gasteiger charge is -2.46. The first kappa shape index (κ1) is 38.0. The van der Waals surface area contributed by atoms with Gasteiger partial charge < -0.3 is 68.6 Å². The van der Waals surface area contributed by atoms with E-state index < -0.39 is 90.9 Å². The van der Waals surface area contributed by atoms with Gasteiger partial charge in [-0.25, -0.2) is 0 Å². The zero-order valence-electron chi connectivity index (χ0n) is 28.5. The summed E-state index contributed by atoms with van der Waals surface area (Å²) in [5.41, 5.74) is 0.409. The van der Waals surface area contributed by atoms with E-state index in [1.807, 2.05) is 13.8 Å². The first-order valence-corrected chi connectivity index (χ1v) is 16.1. The number of aromatic hydroxyl groups is 2. The van der Waals surface area contributed by atoms with Crippen LogP contribution < -0.4 is 14.9 Å². The van der Waals surface area contributed by atoms with Crippen molar-refractivity contribution in [1.29, 1.82) is 0 Å². The average molecular weight is 719 g/mol. The number of hydrogen-bond acceptors (Lipinski definition) is 16. The number of esters is 1. The number of aliphatic hydroxyl groups excluding tert-OH is 5. The number of phenolic OH excluding ortho intramolecular Hbond substituents is 2.